The van der Waals surface area contributed by atoms with Crippen molar-refractivity contribution in [2.45, 2.75) is 25.7 Å². The molecule has 0 unspecified atom stereocenters. The molecule has 0 bridgehead atoms. The Balaban J connectivity index is 0.00000106. The first-order valence-corrected chi connectivity index (χ1v) is 7.89. The summed E-state index contributed by atoms with van der Waals surface area (Å²) in [4.78, 5) is 0.774. The molecule has 0 aliphatic carbocycles. The van der Waals surface area contributed by atoms with Crippen molar-refractivity contribution in [3.8, 4) is 0 Å². The van der Waals surface area contributed by atoms with Gasteiger partial charge in [-0.15, -0.1) is 0 Å². The van der Waals surface area contributed by atoms with Gasteiger partial charge in [0, 0.05) is 10.5 Å². The molecule has 1 nitrogen and oxygen atoms in total. The summed E-state index contributed by atoms with van der Waals surface area (Å²) in [5, 5.41) is 0.874. The van der Waals surface area contributed by atoms with Crippen LogP contribution in [0.1, 0.15) is 19.4 Å². The van der Waals surface area contributed by atoms with Crippen LogP contribution in [0.25, 0.3) is 0 Å². The monoisotopic (exact) mass is 349 g/mol. The minimum atomic E-state index is -0.604. The first kappa shape index (κ1) is 18.1. The second kappa shape index (κ2) is 8.47. The van der Waals surface area contributed by atoms with E-state index in [4.69, 9.17) is 23.2 Å². The molecule has 21 heavy (non-hydrogen) atoms. The molecule has 0 amide bonds. The SMILES string of the molecule is CC.Cc1c(F)ccc(NSc2ccc(Cl)c(Cl)c2)c1F. The van der Waals surface area contributed by atoms with Gasteiger partial charge in [0.05, 0.1) is 15.7 Å². The Morgan fingerprint density at radius 3 is 2.29 bits per heavy atom. The number of nitrogens with one attached hydrogen (secondary N) is 1. The summed E-state index contributed by atoms with van der Waals surface area (Å²) in [6, 6.07) is 7.63. The molecule has 2 rings (SSSR count). The Hall–Kier alpha value is -0.970. The number of benzene rings is 2. The predicted molar refractivity (Wildman–Crippen MR) is 88.4 cm³/mol. The highest BCUT2D eigenvalue weighted by atomic mass is 35.5. The molecule has 0 aliphatic rings. The van der Waals surface area contributed by atoms with Gasteiger partial charge in [-0.2, -0.15) is 0 Å². The zero-order chi connectivity index (χ0) is 16.0. The third-order valence-electron chi connectivity index (χ3n) is 2.49. The van der Waals surface area contributed by atoms with Gasteiger partial charge in [0.2, 0.25) is 0 Å². The second-order valence-corrected chi connectivity index (χ2v) is 5.51. The van der Waals surface area contributed by atoms with Gasteiger partial charge >= 0.3 is 0 Å². The third-order valence-corrected chi connectivity index (χ3v) is 4.04. The van der Waals surface area contributed by atoms with Crippen LogP contribution in [0.2, 0.25) is 10.0 Å². The summed E-state index contributed by atoms with van der Waals surface area (Å²) in [5.41, 5.74) is 0.203. The largest absolute Gasteiger partial charge is 0.323 e. The van der Waals surface area contributed by atoms with Gasteiger partial charge in [0.1, 0.15) is 5.82 Å². The lowest BCUT2D eigenvalue weighted by Gasteiger charge is -2.09. The summed E-state index contributed by atoms with van der Waals surface area (Å²) in [6.07, 6.45) is 0. The lowest BCUT2D eigenvalue weighted by molar-refractivity contribution is 0.571. The van der Waals surface area contributed by atoms with E-state index in [2.05, 4.69) is 4.72 Å². The lowest BCUT2D eigenvalue weighted by Crippen LogP contribution is -1.96. The van der Waals surface area contributed by atoms with E-state index in [1.807, 2.05) is 13.8 Å². The molecule has 114 valence electrons. The van der Waals surface area contributed by atoms with Gasteiger partial charge in [-0.3, -0.25) is 0 Å². The van der Waals surface area contributed by atoms with Crippen LogP contribution in [0, 0.1) is 18.6 Å². The molecule has 0 saturated carbocycles. The fraction of sp³-hybridized carbons (Fsp3) is 0.200. The van der Waals surface area contributed by atoms with E-state index in [9.17, 15) is 8.78 Å². The van der Waals surface area contributed by atoms with Crippen LogP contribution in [0.5, 0.6) is 0 Å². The Kier molecular flexibility index (Phi) is 7.29. The van der Waals surface area contributed by atoms with Crippen molar-refractivity contribution in [1.29, 1.82) is 0 Å². The molecule has 2 aromatic rings. The summed E-state index contributed by atoms with van der Waals surface area (Å²) in [7, 11) is 0. The van der Waals surface area contributed by atoms with E-state index in [-0.39, 0.29) is 11.3 Å². The maximum absolute atomic E-state index is 13.7. The highest BCUT2D eigenvalue weighted by molar-refractivity contribution is 8.00. The molecule has 0 heterocycles. The summed E-state index contributed by atoms with van der Waals surface area (Å²) in [6.45, 7) is 5.39. The molecular formula is C15H15Cl2F2NS. The fourth-order valence-electron chi connectivity index (χ4n) is 1.39. The van der Waals surface area contributed by atoms with Gasteiger partial charge in [0.25, 0.3) is 0 Å². The van der Waals surface area contributed by atoms with Crippen molar-refractivity contribution in [3.05, 3.63) is 57.6 Å². The normalized spacial score (nSPS) is 9.86. The van der Waals surface area contributed by atoms with Crippen LogP contribution in [-0.4, -0.2) is 0 Å². The van der Waals surface area contributed by atoms with E-state index < -0.39 is 11.6 Å². The molecule has 0 atom stereocenters. The van der Waals surface area contributed by atoms with Gasteiger partial charge in [-0.1, -0.05) is 37.0 Å². The molecule has 0 aromatic heterocycles. The Morgan fingerprint density at radius 2 is 1.67 bits per heavy atom. The van der Waals surface area contributed by atoms with Gasteiger partial charge < -0.3 is 4.72 Å². The Morgan fingerprint density at radius 1 is 1.00 bits per heavy atom. The Labute approximate surface area is 137 Å². The van der Waals surface area contributed by atoms with Crippen molar-refractivity contribution in [1.82, 2.24) is 0 Å². The van der Waals surface area contributed by atoms with Crippen LogP contribution >= 0.6 is 35.1 Å². The number of halogens is 4. The van der Waals surface area contributed by atoms with E-state index in [1.165, 1.54) is 31.0 Å². The van der Waals surface area contributed by atoms with Crippen molar-refractivity contribution < 1.29 is 8.78 Å². The minimum absolute atomic E-state index is 0.0141. The van der Waals surface area contributed by atoms with Crippen LogP contribution in [0.4, 0.5) is 14.5 Å². The molecule has 0 spiro atoms. The smallest absolute Gasteiger partial charge is 0.152 e. The van der Waals surface area contributed by atoms with Crippen molar-refractivity contribution in [2.24, 2.45) is 0 Å². The maximum Gasteiger partial charge on any atom is 0.152 e. The molecule has 1 N–H and O–H groups in total. The number of anilines is 1. The number of hydrogen-bond acceptors (Lipinski definition) is 2. The molecule has 0 aliphatic heterocycles. The van der Waals surface area contributed by atoms with Crippen molar-refractivity contribution in [2.75, 3.05) is 4.72 Å². The number of rotatable bonds is 3. The van der Waals surface area contributed by atoms with E-state index in [1.54, 1.807) is 18.2 Å². The zero-order valence-corrected chi connectivity index (χ0v) is 14.1. The molecule has 0 saturated heterocycles. The maximum atomic E-state index is 13.7. The Bertz CT molecular complexity index is 621. The summed E-state index contributed by atoms with van der Waals surface area (Å²) < 4.78 is 29.7. The standard InChI is InChI=1S/C13H9Cl2F2NS.C2H6/c1-7-11(16)4-5-12(13(7)17)18-19-8-2-3-9(14)10(15)6-8;1-2/h2-6,18H,1H3;1-2H3. The van der Waals surface area contributed by atoms with Gasteiger partial charge in [-0.25, -0.2) is 8.78 Å². The average Bonchev–Trinajstić information content (AvgIpc) is 2.49. The molecule has 6 heteroatoms. The summed E-state index contributed by atoms with van der Waals surface area (Å²) in [5.74, 6) is -1.17. The summed E-state index contributed by atoms with van der Waals surface area (Å²) >= 11 is 12.8. The second-order valence-electron chi connectivity index (χ2n) is 3.81. The first-order valence-electron chi connectivity index (χ1n) is 6.31. The van der Waals surface area contributed by atoms with Crippen LogP contribution in [-0.2, 0) is 0 Å². The highest BCUT2D eigenvalue weighted by Gasteiger charge is 2.10. The highest BCUT2D eigenvalue weighted by Crippen LogP contribution is 2.30. The van der Waals surface area contributed by atoms with Crippen molar-refractivity contribution in [3.63, 3.8) is 0 Å². The van der Waals surface area contributed by atoms with Gasteiger partial charge in [0.15, 0.2) is 5.82 Å². The lowest BCUT2D eigenvalue weighted by atomic mass is 10.2. The van der Waals surface area contributed by atoms with Crippen LogP contribution in [0.15, 0.2) is 35.2 Å². The van der Waals surface area contributed by atoms with E-state index in [0.29, 0.717) is 10.0 Å². The molecule has 0 fully saturated rings. The van der Waals surface area contributed by atoms with E-state index in [0.717, 1.165) is 4.90 Å². The molecule has 0 radical (unpaired) electrons. The topological polar surface area (TPSA) is 12.0 Å². The van der Waals surface area contributed by atoms with E-state index >= 15 is 0 Å². The first-order chi connectivity index (χ1) is 9.99. The zero-order valence-electron chi connectivity index (χ0n) is 11.8. The average molecular weight is 350 g/mol. The predicted octanol–water partition coefficient (Wildman–Crippen LogP) is 6.73. The number of hydrogen-bond donors (Lipinski definition) is 1. The van der Waals surface area contributed by atoms with Crippen LogP contribution in [0.3, 0.4) is 0 Å². The fourth-order valence-corrected chi connectivity index (χ4v) is 2.46. The minimum Gasteiger partial charge on any atom is -0.323 e. The third kappa shape index (κ3) is 4.77. The molecule has 2 aromatic carbocycles. The quantitative estimate of drug-likeness (QED) is 0.616. The molecular weight excluding hydrogens is 335 g/mol. The van der Waals surface area contributed by atoms with Crippen molar-refractivity contribution >= 4 is 40.8 Å². The van der Waals surface area contributed by atoms with Crippen LogP contribution < -0.4 is 4.72 Å². The van der Waals surface area contributed by atoms with Gasteiger partial charge in [-0.05, 0) is 49.2 Å².